The Morgan fingerprint density at radius 2 is 1.91 bits per heavy atom. The van der Waals surface area contributed by atoms with Crippen molar-refractivity contribution in [3.8, 4) is 11.1 Å². The normalized spacial score (nSPS) is 16.0. The van der Waals surface area contributed by atoms with E-state index in [1.807, 2.05) is 0 Å². The van der Waals surface area contributed by atoms with Gasteiger partial charge in [0.25, 0.3) is 0 Å². The van der Waals surface area contributed by atoms with Gasteiger partial charge in [0.1, 0.15) is 17.8 Å². The predicted octanol–water partition coefficient (Wildman–Crippen LogP) is 4.39. The fraction of sp³-hybridized carbons (Fsp3) is 0.286. The molecule has 1 aliphatic heterocycles. The predicted molar refractivity (Wildman–Crippen MR) is 123 cm³/mol. The molecule has 1 aliphatic rings. The minimum absolute atomic E-state index is 0.195. The number of anilines is 1. The molecule has 2 amide bonds. The van der Waals surface area contributed by atoms with Gasteiger partial charge in [-0.05, 0) is 29.3 Å². The second kappa shape index (κ2) is 9.94. The molecule has 0 radical (unpaired) electrons. The Bertz CT molecular complexity index is 1030. The summed E-state index contributed by atoms with van der Waals surface area (Å²) in [4.78, 5) is 24.5. The average molecular weight is 502 g/mol. The molecule has 3 N–H and O–H groups in total. The summed E-state index contributed by atoms with van der Waals surface area (Å²) in [7, 11) is 0. The number of amides is 2. The van der Waals surface area contributed by atoms with Gasteiger partial charge in [-0.25, -0.2) is 9.18 Å². The highest BCUT2D eigenvalue weighted by atomic mass is 35.6. The van der Waals surface area contributed by atoms with Crippen LogP contribution < -0.4 is 15.5 Å². The summed E-state index contributed by atoms with van der Waals surface area (Å²) < 4.78 is 18.2. The van der Waals surface area contributed by atoms with Crippen LogP contribution in [0.15, 0.2) is 42.5 Å². The summed E-state index contributed by atoms with van der Waals surface area (Å²) in [6.45, 7) is 2.05. The summed E-state index contributed by atoms with van der Waals surface area (Å²) in [6, 6.07) is 11.5. The number of alkyl halides is 3. The van der Waals surface area contributed by atoms with Gasteiger partial charge < -0.3 is 15.4 Å². The summed E-state index contributed by atoms with van der Waals surface area (Å²) in [6.07, 6.45) is -1.09. The largest absolute Gasteiger partial charge is 0.442 e. The second-order valence-corrected chi connectivity index (χ2v) is 9.42. The highest BCUT2D eigenvalue weighted by molar-refractivity contribution is 6.76. The Labute approximate surface area is 199 Å². The third-order valence-corrected chi connectivity index (χ3v) is 5.30. The fourth-order valence-corrected chi connectivity index (χ4v) is 3.30. The number of benzene rings is 2. The molecule has 0 aromatic heterocycles. The maximum atomic E-state index is 14.8. The molecule has 0 bridgehead atoms. The molecule has 1 fully saturated rings. The number of carbonyl (C=O) groups is 2. The molecular formula is C21H20Cl3FN4O3. The van der Waals surface area contributed by atoms with Gasteiger partial charge in [-0.3, -0.25) is 15.1 Å². The molecule has 1 saturated heterocycles. The lowest BCUT2D eigenvalue weighted by molar-refractivity contribution is -0.119. The monoisotopic (exact) mass is 500 g/mol. The molecule has 170 valence electrons. The maximum Gasteiger partial charge on any atom is 0.414 e. The number of halogens is 4. The first-order valence-corrected chi connectivity index (χ1v) is 10.7. The SMILES string of the molecule is CC(=O)NC[C@H]1CN(c2ccc(-c3ccc(CNC(=N)C(Cl)(Cl)Cl)cc3)c(F)c2)C(=O)O1. The molecule has 0 aliphatic carbocycles. The van der Waals surface area contributed by atoms with E-state index in [2.05, 4.69) is 10.6 Å². The number of nitrogens with zero attached hydrogens (tertiary/aromatic N) is 1. The Morgan fingerprint density at radius 1 is 1.22 bits per heavy atom. The first-order chi connectivity index (χ1) is 15.0. The fourth-order valence-electron chi connectivity index (χ4n) is 3.10. The van der Waals surface area contributed by atoms with Crippen molar-refractivity contribution in [3.63, 3.8) is 0 Å². The van der Waals surface area contributed by atoms with Crippen LogP contribution in [0.3, 0.4) is 0 Å². The summed E-state index contributed by atoms with van der Waals surface area (Å²) >= 11 is 16.9. The Morgan fingerprint density at radius 3 is 2.50 bits per heavy atom. The Hall–Kier alpha value is -2.55. The molecule has 2 aromatic rings. The molecule has 0 spiro atoms. The molecule has 7 nitrogen and oxygen atoms in total. The van der Waals surface area contributed by atoms with Gasteiger partial charge in [0.15, 0.2) is 0 Å². The van der Waals surface area contributed by atoms with Crippen molar-refractivity contribution < 1.29 is 18.7 Å². The lowest BCUT2D eigenvalue weighted by Crippen LogP contribution is -2.33. The smallest absolute Gasteiger partial charge is 0.414 e. The van der Waals surface area contributed by atoms with Crippen LogP contribution in [0.1, 0.15) is 12.5 Å². The van der Waals surface area contributed by atoms with E-state index in [1.165, 1.54) is 17.9 Å². The van der Waals surface area contributed by atoms with E-state index in [1.54, 1.807) is 36.4 Å². The summed E-state index contributed by atoms with van der Waals surface area (Å²) in [5.41, 5.74) is 2.19. The van der Waals surface area contributed by atoms with Crippen LogP contribution in [0, 0.1) is 11.2 Å². The van der Waals surface area contributed by atoms with E-state index < -0.39 is 21.8 Å². The molecular weight excluding hydrogens is 482 g/mol. The van der Waals surface area contributed by atoms with Crippen molar-refractivity contribution >= 4 is 58.3 Å². The van der Waals surface area contributed by atoms with E-state index in [0.717, 1.165) is 5.56 Å². The van der Waals surface area contributed by atoms with Crippen LogP contribution in [0.2, 0.25) is 0 Å². The Balaban J connectivity index is 1.67. The van der Waals surface area contributed by atoms with Gasteiger partial charge in [0, 0.05) is 19.0 Å². The van der Waals surface area contributed by atoms with E-state index >= 15 is 0 Å². The molecule has 1 atom stereocenters. The topological polar surface area (TPSA) is 94.5 Å². The average Bonchev–Trinajstić information content (AvgIpc) is 3.11. The van der Waals surface area contributed by atoms with E-state index in [9.17, 15) is 14.0 Å². The summed E-state index contributed by atoms with van der Waals surface area (Å²) in [5.74, 6) is -0.961. The first-order valence-electron chi connectivity index (χ1n) is 9.55. The zero-order chi connectivity index (χ0) is 23.5. The van der Waals surface area contributed by atoms with Crippen LogP contribution in [0.5, 0.6) is 0 Å². The highest BCUT2D eigenvalue weighted by Gasteiger charge is 2.32. The summed E-state index contributed by atoms with van der Waals surface area (Å²) in [5, 5.41) is 13.0. The number of cyclic esters (lactones) is 1. The van der Waals surface area contributed by atoms with E-state index in [4.69, 9.17) is 44.9 Å². The van der Waals surface area contributed by atoms with Crippen LogP contribution in [-0.4, -0.2) is 40.8 Å². The minimum atomic E-state index is -1.82. The number of amidine groups is 1. The zero-order valence-corrected chi connectivity index (χ0v) is 19.2. The van der Waals surface area contributed by atoms with Crippen LogP contribution in [-0.2, 0) is 16.1 Å². The lowest BCUT2D eigenvalue weighted by Gasteiger charge is -2.15. The number of hydrogen-bond donors (Lipinski definition) is 3. The van der Waals surface area contributed by atoms with E-state index in [0.29, 0.717) is 16.8 Å². The molecule has 2 aromatic carbocycles. The maximum absolute atomic E-state index is 14.8. The number of hydrogen-bond acceptors (Lipinski definition) is 4. The van der Waals surface area contributed by atoms with E-state index in [-0.39, 0.29) is 31.4 Å². The standard InChI is InChI=1S/C21H20Cl3FN4O3/c1-12(30)27-10-16-11-29(20(31)32-16)15-6-7-17(18(25)8-15)14-4-2-13(3-5-14)9-28-19(26)21(22,23)24/h2-8,16H,9-11H2,1H3,(H2,26,28)(H,27,30)/t16-/m0/s1. The number of ether oxygens (including phenoxy) is 1. The van der Waals surface area contributed by atoms with Gasteiger partial charge in [-0.2, -0.15) is 0 Å². The van der Waals surface area contributed by atoms with Crippen LogP contribution in [0.25, 0.3) is 11.1 Å². The number of carbonyl (C=O) groups excluding carboxylic acids is 2. The van der Waals surface area contributed by atoms with Crippen molar-refractivity contribution in [2.45, 2.75) is 23.4 Å². The van der Waals surface area contributed by atoms with Gasteiger partial charge >= 0.3 is 6.09 Å². The number of rotatable bonds is 6. The number of nitrogens with one attached hydrogen (secondary N) is 3. The minimum Gasteiger partial charge on any atom is -0.442 e. The molecule has 32 heavy (non-hydrogen) atoms. The quantitative estimate of drug-likeness (QED) is 0.311. The first kappa shape index (κ1) is 24.1. The third-order valence-electron chi connectivity index (χ3n) is 4.73. The van der Waals surface area contributed by atoms with Gasteiger partial charge in [0.2, 0.25) is 9.70 Å². The third kappa shape index (κ3) is 6.03. The van der Waals surface area contributed by atoms with Crippen LogP contribution >= 0.6 is 34.8 Å². The molecule has 3 rings (SSSR count). The van der Waals surface area contributed by atoms with Crippen molar-refractivity contribution in [1.29, 1.82) is 5.41 Å². The Kier molecular flexibility index (Phi) is 7.48. The molecule has 0 unspecified atom stereocenters. The van der Waals surface area contributed by atoms with Gasteiger partial charge in [-0.15, -0.1) is 0 Å². The van der Waals surface area contributed by atoms with Crippen molar-refractivity contribution in [2.75, 3.05) is 18.0 Å². The molecule has 11 heteroatoms. The van der Waals surface area contributed by atoms with Crippen molar-refractivity contribution in [1.82, 2.24) is 10.6 Å². The lowest BCUT2D eigenvalue weighted by atomic mass is 10.0. The molecule has 0 saturated carbocycles. The van der Waals surface area contributed by atoms with Gasteiger partial charge in [0.05, 0.1) is 18.8 Å². The van der Waals surface area contributed by atoms with Gasteiger partial charge in [-0.1, -0.05) is 59.1 Å². The zero-order valence-electron chi connectivity index (χ0n) is 16.9. The molecule has 1 heterocycles. The van der Waals surface area contributed by atoms with Crippen molar-refractivity contribution in [3.05, 3.63) is 53.8 Å². The highest BCUT2D eigenvalue weighted by Crippen LogP contribution is 2.30. The van der Waals surface area contributed by atoms with Crippen molar-refractivity contribution in [2.24, 2.45) is 0 Å². The second-order valence-electron chi connectivity index (χ2n) is 7.14. The van der Waals surface area contributed by atoms with Crippen LogP contribution in [0.4, 0.5) is 14.9 Å².